The summed E-state index contributed by atoms with van der Waals surface area (Å²) in [5.41, 5.74) is -5.16. The second kappa shape index (κ2) is 5.02. The molecule has 1 amide bonds. The van der Waals surface area contributed by atoms with E-state index in [2.05, 4.69) is 4.99 Å². The third kappa shape index (κ3) is 2.84. The van der Waals surface area contributed by atoms with E-state index in [-0.39, 0.29) is 18.1 Å². The highest BCUT2D eigenvalue weighted by Gasteiger charge is 2.46. The predicted octanol–water partition coefficient (Wildman–Crippen LogP) is 1.77. The van der Waals surface area contributed by atoms with E-state index in [1.165, 1.54) is 11.9 Å². The Kier molecular flexibility index (Phi) is 3.66. The average molecular weight is 322 g/mol. The lowest BCUT2D eigenvalue weighted by molar-refractivity contribution is -0.0436. The maximum Gasteiger partial charge on any atom is 0.501 e. The number of halogens is 3. The Morgan fingerprint density at radius 1 is 1.24 bits per heavy atom. The van der Waals surface area contributed by atoms with Crippen LogP contribution in [0.15, 0.2) is 34.2 Å². The molecule has 1 aliphatic heterocycles. The van der Waals surface area contributed by atoms with Gasteiger partial charge in [-0.05, 0) is 24.3 Å². The van der Waals surface area contributed by atoms with Crippen molar-refractivity contribution in [1.82, 2.24) is 4.90 Å². The van der Waals surface area contributed by atoms with Crippen LogP contribution in [0.5, 0.6) is 0 Å². The van der Waals surface area contributed by atoms with Crippen LogP contribution in [0.1, 0.15) is 5.56 Å². The quantitative estimate of drug-likeness (QED) is 0.831. The predicted molar refractivity (Wildman–Crippen MR) is 65.3 cm³/mol. The summed E-state index contributed by atoms with van der Waals surface area (Å²) in [6, 6.07) is 3.76. The molecule has 10 heteroatoms. The van der Waals surface area contributed by atoms with Crippen LogP contribution in [0.3, 0.4) is 0 Å². The van der Waals surface area contributed by atoms with Crippen LogP contribution >= 0.6 is 0 Å². The molecule has 2 rings (SSSR count). The Labute approximate surface area is 117 Å². The van der Waals surface area contributed by atoms with Crippen molar-refractivity contribution in [3.8, 4) is 0 Å². The summed E-state index contributed by atoms with van der Waals surface area (Å²) in [5, 5.41) is 0. The fourth-order valence-electron chi connectivity index (χ4n) is 1.48. The molecule has 0 spiro atoms. The van der Waals surface area contributed by atoms with Crippen LogP contribution in [-0.4, -0.2) is 44.5 Å². The standard InChI is InChI=1S/C11H9F3N2O4S/c1-16-6-15-9(20-10(16)17)7-2-4-8(5-3-7)21(18,19)11(12,13)14/h2-5H,6H2,1H3. The average Bonchev–Trinajstić information content (AvgIpc) is 2.41. The zero-order chi connectivity index (χ0) is 15.8. The number of hydrogen-bond donors (Lipinski definition) is 0. The Morgan fingerprint density at radius 2 is 1.81 bits per heavy atom. The third-order valence-corrected chi connectivity index (χ3v) is 4.14. The summed E-state index contributed by atoms with van der Waals surface area (Å²) in [5.74, 6) is -0.0749. The van der Waals surface area contributed by atoms with Gasteiger partial charge >= 0.3 is 11.6 Å². The zero-order valence-corrected chi connectivity index (χ0v) is 11.4. The number of sulfone groups is 1. The molecule has 0 fully saturated rings. The SMILES string of the molecule is CN1CN=C(c2ccc(S(=O)(=O)C(F)(F)F)cc2)OC1=O. The number of benzene rings is 1. The number of carbonyl (C=O) groups excluding carboxylic acids is 1. The molecule has 1 aromatic carbocycles. The molecule has 1 aliphatic rings. The van der Waals surface area contributed by atoms with E-state index >= 15 is 0 Å². The Hall–Kier alpha value is -2.10. The topological polar surface area (TPSA) is 76.0 Å². The van der Waals surface area contributed by atoms with Gasteiger partial charge in [-0.25, -0.2) is 18.2 Å². The number of carbonyl (C=O) groups is 1. The largest absolute Gasteiger partial charge is 0.501 e. The smallest absolute Gasteiger partial charge is 0.391 e. The second-order valence-corrected chi connectivity index (χ2v) is 6.09. The van der Waals surface area contributed by atoms with Crippen molar-refractivity contribution in [3.63, 3.8) is 0 Å². The molecule has 1 heterocycles. The van der Waals surface area contributed by atoms with Crippen molar-refractivity contribution >= 4 is 21.8 Å². The zero-order valence-electron chi connectivity index (χ0n) is 10.6. The monoisotopic (exact) mass is 322 g/mol. The fourth-order valence-corrected chi connectivity index (χ4v) is 2.24. The van der Waals surface area contributed by atoms with Gasteiger partial charge in [0.25, 0.3) is 9.84 Å². The third-order valence-electron chi connectivity index (χ3n) is 2.64. The summed E-state index contributed by atoms with van der Waals surface area (Å²) < 4.78 is 64.4. The molecule has 0 bridgehead atoms. The molecular weight excluding hydrogens is 313 g/mol. The van der Waals surface area contributed by atoms with Gasteiger partial charge < -0.3 is 4.74 Å². The van der Waals surface area contributed by atoms with Crippen LogP contribution in [0.25, 0.3) is 0 Å². The van der Waals surface area contributed by atoms with Gasteiger partial charge in [0.15, 0.2) is 0 Å². The molecule has 21 heavy (non-hydrogen) atoms. The summed E-state index contributed by atoms with van der Waals surface area (Å²) in [6.07, 6.45) is -0.660. The number of amides is 1. The lowest BCUT2D eigenvalue weighted by Gasteiger charge is -2.20. The minimum Gasteiger partial charge on any atom is -0.391 e. The summed E-state index contributed by atoms with van der Waals surface area (Å²) in [7, 11) is -3.94. The van der Waals surface area contributed by atoms with E-state index < -0.39 is 26.3 Å². The van der Waals surface area contributed by atoms with Crippen LogP contribution < -0.4 is 0 Å². The van der Waals surface area contributed by atoms with E-state index in [0.717, 1.165) is 24.3 Å². The van der Waals surface area contributed by atoms with Gasteiger partial charge in [-0.1, -0.05) is 0 Å². The lowest BCUT2D eigenvalue weighted by atomic mass is 10.2. The molecule has 0 aliphatic carbocycles. The van der Waals surface area contributed by atoms with Crippen LogP contribution in [-0.2, 0) is 14.6 Å². The first-order chi connectivity index (χ1) is 9.63. The number of rotatable bonds is 2. The van der Waals surface area contributed by atoms with Crippen LogP contribution in [0, 0.1) is 0 Å². The number of aliphatic imine (C=N–C) groups is 1. The number of nitrogens with zero attached hydrogens (tertiary/aromatic N) is 2. The first-order valence-corrected chi connectivity index (χ1v) is 7.00. The Morgan fingerprint density at radius 3 is 2.29 bits per heavy atom. The molecular formula is C11H9F3N2O4S. The van der Waals surface area contributed by atoms with E-state index in [4.69, 9.17) is 4.74 Å². The van der Waals surface area contributed by atoms with Crippen molar-refractivity contribution in [2.45, 2.75) is 10.4 Å². The van der Waals surface area contributed by atoms with Gasteiger partial charge in [-0.2, -0.15) is 13.2 Å². The van der Waals surface area contributed by atoms with Crippen molar-refractivity contribution in [2.24, 2.45) is 4.99 Å². The van der Waals surface area contributed by atoms with Gasteiger partial charge in [-0.15, -0.1) is 0 Å². The lowest BCUT2D eigenvalue weighted by Crippen LogP contribution is -2.35. The Balaban J connectivity index is 2.31. The van der Waals surface area contributed by atoms with Crippen molar-refractivity contribution in [3.05, 3.63) is 29.8 Å². The second-order valence-electron chi connectivity index (χ2n) is 4.14. The minimum absolute atomic E-state index is 0.0385. The fraction of sp³-hybridized carbons (Fsp3) is 0.273. The normalized spacial score (nSPS) is 16.5. The van der Waals surface area contributed by atoms with E-state index in [9.17, 15) is 26.4 Å². The molecule has 1 aromatic rings. The van der Waals surface area contributed by atoms with Crippen LogP contribution in [0.2, 0.25) is 0 Å². The number of hydrogen-bond acceptors (Lipinski definition) is 5. The molecule has 0 saturated carbocycles. The summed E-state index contributed by atoms with van der Waals surface area (Å²) in [4.78, 5) is 15.5. The molecule has 0 atom stereocenters. The Bertz CT molecular complexity index is 695. The van der Waals surface area contributed by atoms with Gasteiger partial charge in [-0.3, -0.25) is 4.90 Å². The first kappa shape index (κ1) is 15.3. The first-order valence-electron chi connectivity index (χ1n) is 5.52. The summed E-state index contributed by atoms with van der Waals surface area (Å²) in [6.45, 7) is 0.0385. The highest BCUT2D eigenvalue weighted by molar-refractivity contribution is 7.92. The van der Waals surface area contributed by atoms with Gasteiger partial charge in [0.05, 0.1) is 4.90 Å². The van der Waals surface area contributed by atoms with Crippen molar-refractivity contribution < 1.29 is 31.1 Å². The molecule has 0 saturated heterocycles. The maximum absolute atomic E-state index is 12.4. The number of cyclic esters (lactones) is 1. The van der Waals surface area contributed by atoms with Gasteiger partial charge in [0.1, 0.15) is 6.67 Å². The van der Waals surface area contributed by atoms with E-state index in [1.54, 1.807) is 0 Å². The molecule has 6 nitrogen and oxygen atoms in total. The molecule has 0 N–H and O–H groups in total. The molecule has 0 unspecified atom stereocenters. The molecule has 0 aromatic heterocycles. The highest BCUT2D eigenvalue weighted by atomic mass is 32.2. The highest BCUT2D eigenvalue weighted by Crippen LogP contribution is 2.30. The van der Waals surface area contributed by atoms with Gasteiger partial charge in [0, 0.05) is 12.6 Å². The number of ether oxygens (including phenoxy) is 1. The van der Waals surface area contributed by atoms with Crippen LogP contribution in [0.4, 0.5) is 18.0 Å². The van der Waals surface area contributed by atoms with Crippen molar-refractivity contribution in [2.75, 3.05) is 13.7 Å². The maximum atomic E-state index is 12.4. The molecule has 114 valence electrons. The number of alkyl halides is 3. The van der Waals surface area contributed by atoms with Crippen molar-refractivity contribution in [1.29, 1.82) is 0 Å². The molecule has 0 radical (unpaired) electrons. The minimum atomic E-state index is -5.40. The van der Waals surface area contributed by atoms with E-state index in [1.807, 2.05) is 0 Å². The van der Waals surface area contributed by atoms with Gasteiger partial charge in [0.2, 0.25) is 5.90 Å². The summed E-state index contributed by atoms with van der Waals surface area (Å²) >= 11 is 0. The van der Waals surface area contributed by atoms with E-state index in [0.29, 0.717) is 0 Å².